The molecule has 0 heterocycles. The minimum absolute atomic E-state index is 0.133. The Morgan fingerprint density at radius 2 is 1.66 bits per heavy atom. The molecule has 0 aliphatic carbocycles. The van der Waals surface area contributed by atoms with Crippen LogP contribution < -0.4 is 9.62 Å². The number of nitrogens with one attached hydrogen (secondary N) is 1. The fraction of sp³-hybridized carbons (Fsp3) is 0.481. The summed E-state index contributed by atoms with van der Waals surface area (Å²) in [6.45, 7) is 10.6. The molecule has 2 rings (SSSR count). The fourth-order valence-electron chi connectivity index (χ4n) is 4.08. The minimum Gasteiger partial charge on any atom is -0.354 e. The van der Waals surface area contributed by atoms with Crippen molar-refractivity contribution in [1.82, 2.24) is 10.2 Å². The van der Waals surface area contributed by atoms with E-state index in [0.717, 1.165) is 28.7 Å². The molecule has 35 heavy (non-hydrogen) atoms. The highest BCUT2D eigenvalue weighted by molar-refractivity contribution is 7.92. The normalized spacial score (nSPS) is 12.2. The van der Waals surface area contributed by atoms with Gasteiger partial charge in [-0.15, -0.1) is 0 Å². The Kier molecular flexibility index (Phi) is 10.3. The van der Waals surface area contributed by atoms with E-state index in [-0.39, 0.29) is 24.8 Å². The van der Waals surface area contributed by atoms with Gasteiger partial charge in [-0.1, -0.05) is 42.8 Å². The second-order valence-electron chi connectivity index (χ2n) is 9.26. The SMILES string of the molecule is CCCNC(=O)[C@H](C)N(Cc1cccc(C)c1)C(=O)CCCN(c1cc(C)cc(C)c1)S(C)(=O)=O. The van der Waals surface area contributed by atoms with Crippen LogP contribution in [0.4, 0.5) is 5.69 Å². The average molecular weight is 502 g/mol. The molecular formula is C27H39N3O4S. The first-order valence-corrected chi connectivity index (χ1v) is 14.0. The highest BCUT2D eigenvalue weighted by Crippen LogP contribution is 2.22. The first kappa shape index (κ1) is 28.4. The zero-order valence-corrected chi connectivity index (χ0v) is 22.6. The predicted octanol–water partition coefficient (Wildman–Crippen LogP) is 4.10. The zero-order valence-electron chi connectivity index (χ0n) is 21.8. The maximum absolute atomic E-state index is 13.3. The first-order chi connectivity index (χ1) is 16.4. The molecular weight excluding hydrogens is 462 g/mol. The van der Waals surface area contributed by atoms with Gasteiger partial charge in [0.2, 0.25) is 21.8 Å². The fourth-order valence-corrected chi connectivity index (χ4v) is 5.03. The van der Waals surface area contributed by atoms with E-state index in [2.05, 4.69) is 5.32 Å². The maximum atomic E-state index is 13.3. The maximum Gasteiger partial charge on any atom is 0.242 e. The number of carbonyl (C=O) groups excluding carboxylic acids is 2. The van der Waals surface area contributed by atoms with E-state index in [1.54, 1.807) is 11.8 Å². The molecule has 2 aromatic carbocycles. The third-order valence-corrected chi connectivity index (χ3v) is 6.99. The van der Waals surface area contributed by atoms with Gasteiger partial charge in [-0.2, -0.15) is 0 Å². The summed E-state index contributed by atoms with van der Waals surface area (Å²) in [4.78, 5) is 27.6. The molecule has 2 amide bonds. The molecule has 0 aliphatic rings. The Balaban J connectivity index is 2.18. The lowest BCUT2D eigenvalue weighted by Crippen LogP contribution is -2.47. The summed E-state index contributed by atoms with van der Waals surface area (Å²) >= 11 is 0. The van der Waals surface area contributed by atoms with E-state index in [1.807, 2.05) is 70.2 Å². The van der Waals surface area contributed by atoms with Crippen molar-refractivity contribution in [2.75, 3.05) is 23.7 Å². The minimum atomic E-state index is -3.52. The number of aryl methyl sites for hydroxylation is 3. The van der Waals surface area contributed by atoms with Crippen molar-refractivity contribution in [1.29, 1.82) is 0 Å². The molecule has 7 nitrogen and oxygen atoms in total. The molecule has 0 fully saturated rings. The molecule has 0 aromatic heterocycles. The van der Waals surface area contributed by atoms with Crippen LogP contribution >= 0.6 is 0 Å². The molecule has 192 valence electrons. The summed E-state index contributed by atoms with van der Waals surface area (Å²) in [7, 11) is -3.52. The lowest BCUT2D eigenvalue weighted by molar-refractivity contribution is -0.140. The van der Waals surface area contributed by atoms with E-state index in [4.69, 9.17) is 0 Å². The molecule has 0 spiro atoms. The summed E-state index contributed by atoms with van der Waals surface area (Å²) in [6, 6.07) is 12.9. The number of hydrogen-bond donors (Lipinski definition) is 1. The van der Waals surface area contributed by atoms with Crippen molar-refractivity contribution in [3.63, 3.8) is 0 Å². The molecule has 0 unspecified atom stereocenters. The summed E-state index contributed by atoms with van der Waals surface area (Å²) in [5.74, 6) is -0.375. The number of rotatable bonds is 12. The van der Waals surface area contributed by atoms with E-state index in [9.17, 15) is 18.0 Å². The van der Waals surface area contributed by atoms with Gasteiger partial charge >= 0.3 is 0 Å². The third-order valence-electron chi connectivity index (χ3n) is 5.80. The Morgan fingerprint density at radius 1 is 1.00 bits per heavy atom. The van der Waals surface area contributed by atoms with E-state index >= 15 is 0 Å². The number of hydrogen-bond acceptors (Lipinski definition) is 4. The molecule has 2 aromatic rings. The molecule has 1 atom stereocenters. The van der Waals surface area contributed by atoms with Gasteiger partial charge in [0.1, 0.15) is 6.04 Å². The second-order valence-corrected chi connectivity index (χ2v) is 11.2. The Hall–Kier alpha value is -2.87. The standard InChI is InChI=1S/C27H39N3O4S/c1-7-13-28-27(32)23(5)29(19-24-11-8-10-20(2)16-24)26(31)12-9-14-30(35(6,33)34)25-17-21(3)15-22(4)18-25/h8,10-11,15-18,23H,7,9,12-14,19H2,1-6H3,(H,28,32)/t23-/m0/s1. The van der Waals surface area contributed by atoms with Gasteiger partial charge < -0.3 is 10.2 Å². The van der Waals surface area contributed by atoms with Crippen molar-refractivity contribution in [2.24, 2.45) is 0 Å². The van der Waals surface area contributed by atoms with E-state index in [1.165, 1.54) is 10.6 Å². The predicted molar refractivity (Wildman–Crippen MR) is 142 cm³/mol. The van der Waals surface area contributed by atoms with Crippen molar-refractivity contribution in [2.45, 2.75) is 66.5 Å². The van der Waals surface area contributed by atoms with Gasteiger partial charge in [0.25, 0.3) is 0 Å². The molecule has 0 saturated heterocycles. The Morgan fingerprint density at radius 3 is 2.23 bits per heavy atom. The molecule has 0 saturated carbocycles. The van der Waals surface area contributed by atoms with Crippen molar-refractivity contribution in [3.8, 4) is 0 Å². The summed E-state index contributed by atoms with van der Waals surface area (Å²) in [5, 5.41) is 2.87. The molecule has 0 bridgehead atoms. The summed E-state index contributed by atoms with van der Waals surface area (Å²) < 4.78 is 26.4. The highest BCUT2D eigenvalue weighted by atomic mass is 32.2. The molecule has 0 aliphatic heterocycles. The van der Waals surface area contributed by atoms with E-state index < -0.39 is 16.1 Å². The van der Waals surface area contributed by atoms with E-state index in [0.29, 0.717) is 25.2 Å². The monoisotopic (exact) mass is 501 g/mol. The van der Waals surface area contributed by atoms with Crippen molar-refractivity contribution < 1.29 is 18.0 Å². The third kappa shape index (κ3) is 8.69. The zero-order chi connectivity index (χ0) is 26.2. The van der Waals surface area contributed by atoms with Crippen LogP contribution in [0.1, 0.15) is 55.4 Å². The highest BCUT2D eigenvalue weighted by Gasteiger charge is 2.26. The van der Waals surface area contributed by atoms with Crippen LogP contribution in [0.3, 0.4) is 0 Å². The molecule has 1 N–H and O–H groups in total. The topological polar surface area (TPSA) is 86.8 Å². The first-order valence-electron chi connectivity index (χ1n) is 12.1. The van der Waals surface area contributed by atoms with Crippen LogP contribution in [0.25, 0.3) is 0 Å². The molecule has 0 radical (unpaired) electrons. The number of benzene rings is 2. The van der Waals surface area contributed by atoms with Crippen LogP contribution in [0, 0.1) is 20.8 Å². The van der Waals surface area contributed by atoms with Crippen LogP contribution in [0.2, 0.25) is 0 Å². The van der Waals surface area contributed by atoms with Gasteiger partial charge in [-0.05, 0) is 69.4 Å². The number of sulfonamides is 1. The van der Waals surface area contributed by atoms with Gasteiger partial charge in [-0.3, -0.25) is 13.9 Å². The number of amides is 2. The summed E-state index contributed by atoms with van der Waals surface area (Å²) in [6.07, 6.45) is 2.46. The van der Waals surface area contributed by atoms with Crippen LogP contribution in [-0.2, 0) is 26.2 Å². The van der Waals surface area contributed by atoms with Gasteiger partial charge in [0, 0.05) is 26.1 Å². The lowest BCUT2D eigenvalue weighted by atomic mass is 10.1. The largest absolute Gasteiger partial charge is 0.354 e. The quantitative estimate of drug-likeness (QED) is 0.474. The van der Waals surface area contributed by atoms with Crippen LogP contribution in [-0.4, -0.2) is 50.5 Å². The Bertz CT molecular complexity index is 1110. The number of carbonyl (C=O) groups is 2. The second kappa shape index (κ2) is 12.7. The van der Waals surface area contributed by atoms with Gasteiger partial charge in [-0.25, -0.2) is 8.42 Å². The van der Waals surface area contributed by atoms with Crippen LogP contribution in [0.15, 0.2) is 42.5 Å². The summed E-state index contributed by atoms with van der Waals surface area (Å²) in [5.41, 5.74) is 4.57. The Labute approximate surface area is 210 Å². The van der Waals surface area contributed by atoms with Crippen molar-refractivity contribution >= 4 is 27.5 Å². The number of nitrogens with zero attached hydrogens (tertiary/aromatic N) is 2. The van der Waals surface area contributed by atoms with Crippen molar-refractivity contribution in [3.05, 3.63) is 64.7 Å². The number of anilines is 1. The lowest BCUT2D eigenvalue weighted by Gasteiger charge is -2.29. The van der Waals surface area contributed by atoms with Gasteiger partial charge in [0.15, 0.2) is 0 Å². The van der Waals surface area contributed by atoms with Gasteiger partial charge in [0.05, 0.1) is 11.9 Å². The molecule has 8 heteroatoms. The average Bonchev–Trinajstić information content (AvgIpc) is 2.76. The van der Waals surface area contributed by atoms with Crippen LogP contribution in [0.5, 0.6) is 0 Å². The smallest absolute Gasteiger partial charge is 0.242 e.